The van der Waals surface area contributed by atoms with Crippen LogP contribution in [0.15, 0.2) is 0 Å². The number of rotatable bonds is 2. The van der Waals surface area contributed by atoms with E-state index in [0.717, 1.165) is 20.0 Å². The predicted octanol–water partition coefficient (Wildman–Crippen LogP) is 1.16. The Kier molecular flexibility index (Phi) is 3.41. The lowest BCUT2D eigenvalue weighted by Crippen LogP contribution is -2.08. The van der Waals surface area contributed by atoms with Crippen molar-refractivity contribution in [2.75, 3.05) is 0 Å². The number of nitrogens with one attached hydrogen (secondary N) is 1. The third-order valence-electron chi connectivity index (χ3n) is 1.34. The maximum atomic E-state index is 10.4. The van der Waals surface area contributed by atoms with Crippen LogP contribution in [0.25, 0.3) is 0 Å². The number of hydrogen-bond acceptors (Lipinski definition) is 1. The van der Waals surface area contributed by atoms with Crippen LogP contribution in [0, 0.1) is 3.57 Å². The van der Waals surface area contributed by atoms with Crippen LogP contribution in [0.5, 0.6) is 0 Å². The van der Waals surface area contributed by atoms with Gasteiger partial charge in [-0.15, -0.1) is 0 Å². The standard InChI is InChI=1S/C6H4BI2NO/c7-5-3(1-8)10-4(2-11)6(5)9/h2,10H,1H2. The molecule has 0 saturated heterocycles. The molecule has 0 aliphatic rings. The molecule has 0 amide bonds. The summed E-state index contributed by atoms with van der Waals surface area (Å²) in [5.74, 6) is 0. The summed E-state index contributed by atoms with van der Waals surface area (Å²) in [4.78, 5) is 13.4. The van der Waals surface area contributed by atoms with Crippen LogP contribution in [-0.4, -0.2) is 19.1 Å². The Bertz CT molecular complexity index is 284. The van der Waals surface area contributed by atoms with E-state index in [0.29, 0.717) is 11.2 Å². The van der Waals surface area contributed by atoms with Crippen LogP contribution >= 0.6 is 45.2 Å². The average Bonchev–Trinajstić information content (AvgIpc) is 2.30. The molecule has 0 spiro atoms. The lowest BCUT2D eigenvalue weighted by atomic mass is 9.97. The van der Waals surface area contributed by atoms with Crippen LogP contribution in [0.4, 0.5) is 0 Å². The molecule has 0 aliphatic carbocycles. The van der Waals surface area contributed by atoms with Gasteiger partial charge in [0.25, 0.3) is 0 Å². The molecule has 0 bridgehead atoms. The quantitative estimate of drug-likeness (QED) is 0.360. The highest BCUT2D eigenvalue weighted by molar-refractivity contribution is 14.1. The summed E-state index contributed by atoms with van der Waals surface area (Å²) < 4.78 is 1.62. The summed E-state index contributed by atoms with van der Waals surface area (Å²) in [7, 11) is 5.69. The van der Waals surface area contributed by atoms with Crippen molar-refractivity contribution in [3.63, 3.8) is 0 Å². The van der Waals surface area contributed by atoms with Gasteiger partial charge < -0.3 is 4.98 Å². The number of aldehydes is 1. The summed E-state index contributed by atoms with van der Waals surface area (Å²) in [6, 6.07) is 0. The zero-order valence-electron chi connectivity index (χ0n) is 5.53. The zero-order valence-corrected chi connectivity index (χ0v) is 9.84. The van der Waals surface area contributed by atoms with E-state index in [1.54, 1.807) is 0 Å². The van der Waals surface area contributed by atoms with E-state index in [-0.39, 0.29) is 0 Å². The summed E-state index contributed by atoms with van der Waals surface area (Å²) in [6.45, 7) is 0. The maximum Gasteiger partial charge on any atom is 0.167 e. The number of H-pyrrole nitrogens is 1. The highest BCUT2D eigenvalue weighted by atomic mass is 127. The van der Waals surface area contributed by atoms with E-state index in [1.807, 2.05) is 0 Å². The molecule has 1 heterocycles. The Morgan fingerprint density at radius 2 is 2.27 bits per heavy atom. The third kappa shape index (κ3) is 1.79. The summed E-state index contributed by atoms with van der Waals surface area (Å²) in [5, 5.41) is 0. The fourth-order valence-electron chi connectivity index (χ4n) is 0.749. The number of alkyl halides is 1. The van der Waals surface area contributed by atoms with Gasteiger partial charge in [0.1, 0.15) is 7.85 Å². The number of hydrogen-bond donors (Lipinski definition) is 1. The molecule has 0 aliphatic heterocycles. The Balaban J connectivity index is 3.22. The summed E-state index contributed by atoms with van der Waals surface area (Å²) in [5.41, 5.74) is 2.20. The highest BCUT2D eigenvalue weighted by Crippen LogP contribution is 2.10. The van der Waals surface area contributed by atoms with Crippen molar-refractivity contribution >= 4 is 64.8 Å². The van der Waals surface area contributed by atoms with E-state index in [1.165, 1.54) is 0 Å². The Morgan fingerprint density at radius 3 is 2.55 bits per heavy atom. The molecule has 1 aromatic rings. The van der Waals surface area contributed by atoms with Gasteiger partial charge in [0, 0.05) is 13.7 Å². The summed E-state index contributed by atoms with van der Waals surface area (Å²) in [6.07, 6.45) is 0.786. The molecule has 5 heteroatoms. The first-order valence-corrected chi connectivity index (χ1v) is 5.48. The first-order chi connectivity index (χ1) is 5.20. The number of carbonyl (C=O) groups excluding carboxylic acids is 1. The molecule has 0 aromatic carbocycles. The molecule has 0 fully saturated rings. The monoisotopic (exact) mass is 371 g/mol. The fraction of sp³-hybridized carbons (Fsp3) is 0.167. The van der Waals surface area contributed by atoms with Gasteiger partial charge in [-0.3, -0.25) is 4.79 Å². The Hall–Kier alpha value is 0.475. The van der Waals surface area contributed by atoms with E-state index < -0.39 is 0 Å². The van der Waals surface area contributed by atoms with Gasteiger partial charge in [0.15, 0.2) is 6.29 Å². The smallest absolute Gasteiger partial charge is 0.167 e. The minimum atomic E-state index is 0.578. The van der Waals surface area contributed by atoms with Gasteiger partial charge in [-0.25, -0.2) is 0 Å². The molecule has 2 radical (unpaired) electrons. The van der Waals surface area contributed by atoms with Crippen molar-refractivity contribution in [2.45, 2.75) is 4.43 Å². The second-order valence-corrected chi connectivity index (χ2v) is 3.84. The SMILES string of the molecule is [B]c1c(CI)[nH]c(C=O)c1I. The second kappa shape index (κ2) is 3.93. The molecule has 11 heavy (non-hydrogen) atoms. The van der Waals surface area contributed by atoms with Gasteiger partial charge in [0.05, 0.1) is 5.69 Å². The van der Waals surface area contributed by atoms with E-state index >= 15 is 0 Å². The van der Waals surface area contributed by atoms with Crippen LogP contribution in [0.2, 0.25) is 0 Å². The van der Waals surface area contributed by atoms with E-state index in [2.05, 4.69) is 50.2 Å². The number of aromatic nitrogens is 1. The minimum absolute atomic E-state index is 0.578. The fourth-order valence-corrected chi connectivity index (χ4v) is 1.94. The van der Waals surface area contributed by atoms with Crippen LogP contribution < -0.4 is 5.46 Å². The van der Waals surface area contributed by atoms with Crippen LogP contribution in [0.3, 0.4) is 0 Å². The molecule has 1 N–H and O–H groups in total. The molecule has 2 nitrogen and oxygen atoms in total. The molecule has 0 atom stereocenters. The first-order valence-electron chi connectivity index (χ1n) is 2.87. The van der Waals surface area contributed by atoms with Crippen molar-refractivity contribution in [3.05, 3.63) is 15.0 Å². The van der Waals surface area contributed by atoms with Crippen LogP contribution in [-0.2, 0) is 4.43 Å². The van der Waals surface area contributed by atoms with Gasteiger partial charge in [-0.2, -0.15) is 0 Å². The van der Waals surface area contributed by atoms with Crippen molar-refractivity contribution in [1.29, 1.82) is 0 Å². The predicted molar refractivity (Wildman–Crippen MR) is 62.0 cm³/mol. The van der Waals surface area contributed by atoms with Crippen LogP contribution in [0.1, 0.15) is 16.2 Å². The summed E-state index contributed by atoms with van der Waals surface area (Å²) >= 11 is 4.25. The topological polar surface area (TPSA) is 32.9 Å². The van der Waals surface area contributed by atoms with Crippen molar-refractivity contribution in [2.24, 2.45) is 0 Å². The Morgan fingerprint density at radius 1 is 1.64 bits per heavy atom. The molecule has 1 aromatic heterocycles. The Labute approximate surface area is 93.2 Å². The molecule has 56 valence electrons. The molecular weight excluding hydrogens is 367 g/mol. The molecule has 1 rings (SSSR count). The second-order valence-electron chi connectivity index (χ2n) is 2.00. The number of aromatic amines is 1. The molecule has 0 unspecified atom stereocenters. The minimum Gasteiger partial charge on any atom is -0.355 e. The lowest BCUT2D eigenvalue weighted by Gasteiger charge is -1.90. The molecule has 0 saturated carbocycles. The van der Waals surface area contributed by atoms with Gasteiger partial charge in [-0.1, -0.05) is 28.1 Å². The zero-order chi connectivity index (χ0) is 8.43. The van der Waals surface area contributed by atoms with Gasteiger partial charge >= 0.3 is 0 Å². The first kappa shape index (κ1) is 9.56. The normalized spacial score (nSPS) is 10.0. The van der Waals surface area contributed by atoms with Gasteiger partial charge in [0.2, 0.25) is 0 Å². The highest BCUT2D eigenvalue weighted by Gasteiger charge is 2.08. The van der Waals surface area contributed by atoms with E-state index in [4.69, 9.17) is 7.85 Å². The molecular formula is C6H4BI2NO. The third-order valence-corrected chi connectivity index (χ3v) is 3.26. The van der Waals surface area contributed by atoms with Crippen molar-refractivity contribution < 1.29 is 4.79 Å². The average molecular weight is 371 g/mol. The number of carbonyl (C=O) groups is 1. The lowest BCUT2D eigenvalue weighted by molar-refractivity contribution is 0.111. The maximum absolute atomic E-state index is 10.4. The van der Waals surface area contributed by atoms with E-state index in [9.17, 15) is 4.79 Å². The van der Waals surface area contributed by atoms with Crippen molar-refractivity contribution in [3.8, 4) is 0 Å². The number of halogens is 2. The van der Waals surface area contributed by atoms with Crippen molar-refractivity contribution in [1.82, 2.24) is 4.98 Å². The largest absolute Gasteiger partial charge is 0.355 e. The van der Waals surface area contributed by atoms with Gasteiger partial charge in [-0.05, 0) is 22.6 Å².